The van der Waals surface area contributed by atoms with Gasteiger partial charge in [-0.05, 0) is 25.5 Å². The van der Waals surface area contributed by atoms with Gasteiger partial charge in [0.15, 0.2) is 0 Å². The van der Waals surface area contributed by atoms with E-state index in [1.807, 2.05) is 32.0 Å². The molecule has 0 bridgehead atoms. The van der Waals surface area contributed by atoms with E-state index in [0.717, 1.165) is 10.5 Å². The summed E-state index contributed by atoms with van der Waals surface area (Å²) in [6.07, 6.45) is 0. The Morgan fingerprint density at radius 3 is 2.25 bits per heavy atom. The first-order valence-electron chi connectivity index (χ1n) is 6.71. The number of carbonyl (C=O) groups excluding carboxylic acids is 1. The lowest BCUT2D eigenvalue weighted by Crippen LogP contribution is -2.37. The fourth-order valence-corrected chi connectivity index (χ4v) is 3.06. The Hall–Kier alpha value is -1.00. The van der Waals surface area contributed by atoms with E-state index in [9.17, 15) is 4.79 Å². The zero-order valence-electron chi connectivity index (χ0n) is 13.2. The minimum atomic E-state index is -0.761. The molecule has 0 fully saturated rings. The Morgan fingerprint density at radius 2 is 1.75 bits per heavy atom. The predicted molar refractivity (Wildman–Crippen MR) is 84.8 cm³/mol. The molecule has 0 saturated heterocycles. The molecule has 1 aromatic carbocycles. The van der Waals surface area contributed by atoms with Crippen LogP contribution in [0.1, 0.15) is 46.2 Å². The highest BCUT2D eigenvalue weighted by atomic mass is 32.2. The van der Waals surface area contributed by atoms with Crippen LogP contribution in [0.3, 0.4) is 0 Å². The number of benzene rings is 1. The Bertz CT molecular complexity index is 478. The van der Waals surface area contributed by atoms with E-state index in [1.165, 1.54) is 7.11 Å². The fourth-order valence-electron chi connectivity index (χ4n) is 1.94. The number of esters is 1. The van der Waals surface area contributed by atoms with Crippen molar-refractivity contribution in [3.8, 4) is 0 Å². The summed E-state index contributed by atoms with van der Waals surface area (Å²) in [7, 11) is 1.40. The van der Waals surface area contributed by atoms with Crippen LogP contribution in [-0.2, 0) is 9.53 Å². The van der Waals surface area contributed by atoms with Gasteiger partial charge in [-0.25, -0.2) is 0 Å². The van der Waals surface area contributed by atoms with Crippen molar-refractivity contribution in [1.29, 1.82) is 0 Å². The highest BCUT2D eigenvalue weighted by Gasteiger charge is 2.37. The number of thioether (sulfide) groups is 1. The summed E-state index contributed by atoms with van der Waals surface area (Å²) < 4.78 is 4.96. The normalized spacial score (nSPS) is 13.9. The van der Waals surface area contributed by atoms with Crippen molar-refractivity contribution in [2.75, 3.05) is 7.11 Å². The number of carbonyl (C=O) groups is 1. The molecule has 0 saturated carbocycles. The molecule has 20 heavy (non-hydrogen) atoms. The summed E-state index contributed by atoms with van der Waals surface area (Å²) in [6, 6.07) is 7.59. The second-order valence-corrected chi connectivity index (χ2v) is 8.31. The predicted octanol–water partition coefficient (Wildman–Crippen LogP) is 3.78. The molecule has 0 aliphatic carbocycles. The van der Waals surface area contributed by atoms with Gasteiger partial charge in [-0.3, -0.25) is 4.79 Å². The van der Waals surface area contributed by atoms with Crippen LogP contribution >= 0.6 is 11.8 Å². The maximum atomic E-state index is 11.9. The summed E-state index contributed by atoms with van der Waals surface area (Å²) in [6.45, 7) is 10.1. The van der Waals surface area contributed by atoms with Crippen molar-refractivity contribution in [3.05, 3.63) is 29.8 Å². The molecule has 0 unspecified atom stereocenters. The van der Waals surface area contributed by atoms with Gasteiger partial charge in [0.2, 0.25) is 0 Å². The Kier molecular flexibility index (Phi) is 5.27. The monoisotopic (exact) mass is 295 g/mol. The van der Waals surface area contributed by atoms with Gasteiger partial charge in [-0.15, -0.1) is 11.8 Å². The fraction of sp³-hybridized carbons (Fsp3) is 0.562. The van der Waals surface area contributed by atoms with Crippen molar-refractivity contribution < 1.29 is 9.53 Å². The third kappa shape index (κ3) is 4.00. The van der Waals surface area contributed by atoms with E-state index in [1.54, 1.807) is 11.8 Å². The zero-order valence-corrected chi connectivity index (χ0v) is 14.0. The third-order valence-corrected chi connectivity index (χ3v) is 4.36. The smallest absolute Gasteiger partial charge is 0.313 e. The molecule has 0 aliphatic heterocycles. The molecule has 1 atom stereocenters. The number of hydrogen-bond acceptors (Lipinski definition) is 4. The summed E-state index contributed by atoms with van der Waals surface area (Å²) in [5.41, 5.74) is 6.58. The summed E-state index contributed by atoms with van der Waals surface area (Å²) in [5.74, 6) is -0.291. The van der Waals surface area contributed by atoms with E-state index >= 15 is 0 Å². The molecule has 1 rings (SSSR count). The average Bonchev–Trinajstić information content (AvgIpc) is 2.35. The molecule has 0 aromatic heterocycles. The van der Waals surface area contributed by atoms with Gasteiger partial charge in [-0.1, -0.05) is 39.0 Å². The Balaban J connectivity index is 3.16. The van der Waals surface area contributed by atoms with Gasteiger partial charge in [0.1, 0.15) is 0 Å². The van der Waals surface area contributed by atoms with Crippen LogP contribution in [0, 0.1) is 5.41 Å². The Labute approximate surface area is 126 Å². The SMILES string of the molecule is COC(=O)C(C)(C)[C@H](N)c1ccccc1SC(C)(C)C. The molecule has 4 heteroatoms. The van der Waals surface area contributed by atoms with Crippen LogP contribution in [-0.4, -0.2) is 17.8 Å². The molecule has 112 valence electrons. The number of hydrogen-bond donors (Lipinski definition) is 1. The van der Waals surface area contributed by atoms with E-state index < -0.39 is 11.5 Å². The molecule has 0 radical (unpaired) electrons. The van der Waals surface area contributed by atoms with Gasteiger partial charge in [0, 0.05) is 15.7 Å². The van der Waals surface area contributed by atoms with Crippen LogP contribution in [0.2, 0.25) is 0 Å². The van der Waals surface area contributed by atoms with Gasteiger partial charge in [0.25, 0.3) is 0 Å². The van der Waals surface area contributed by atoms with Crippen molar-refractivity contribution >= 4 is 17.7 Å². The van der Waals surface area contributed by atoms with E-state index in [-0.39, 0.29) is 10.7 Å². The van der Waals surface area contributed by atoms with Gasteiger partial charge < -0.3 is 10.5 Å². The number of rotatable bonds is 4. The van der Waals surface area contributed by atoms with Crippen LogP contribution in [0.25, 0.3) is 0 Å². The van der Waals surface area contributed by atoms with E-state index in [2.05, 4.69) is 26.8 Å². The van der Waals surface area contributed by atoms with Crippen LogP contribution < -0.4 is 5.73 Å². The molecular formula is C16H25NO2S. The molecule has 0 spiro atoms. The summed E-state index contributed by atoms with van der Waals surface area (Å²) in [4.78, 5) is 13.1. The lowest BCUT2D eigenvalue weighted by molar-refractivity contribution is -0.152. The molecule has 0 heterocycles. The maximum Gasteiger partial charge on any atom is 0.313 e. The second-order valence-electron chi connectivity index (χ2n) is 6.44. The Morgan fingerprint density at radius 1 is 1.20 bits per heavy atom. The van der Waals surface area contributed by atoms with Gasteiger partial charge in [-0.2, -0.15) is 0 Å². The van der Waals surface area contributed by atoms with Crippen molar-refractivity contribution in [2.45, 2.75) is 50.3 Å². The van der Waals surface area contributed by atoms with Crippen LogP contribution in [0.5, 0.6) is 0 Å². The maximum absolute atomic E-state index is 11.9. The lowest BCUT2D eigenvalue weighted by atomic mass is 9.81. The van der Waals surface area contributed by atoms with Gasteiger partial charge in [0.05, 0.1) is 12.5 Å². The highest BCUT2D eigenvalue weighted by molar-refractivity contribution is 8.00. The largest absolute Gasteiger partial charge is 0.469 e. The average molecular weight is 295 g/mol. The van der Waals surface area contributed by atoms with Crippen molar-refractivity contribution in [3.63, 3.8) is 0 Å². The van der Waals surface area contributed by atoms with Crippen molar-refractivity contribution in [2.24, 2.45) is 11.1 Å². The van der Waals surface area contributed by atoms with Crippen molar-refractivity contribution in [1.82, 2.24) is 0 Å². The molecule has 0 amide bonds. The standard InChI is InChI=1S/C16H25NO2S/c1-15(2,3)20-12-10-8-7-9-11(12)13(17)16(4,5)14(18)19-6/h7-10,13H,17H2,1-6H3/t13-/m1/s1. The molecule has 2 N–H and O–H groups in total. The molecule has 3 nitrogen and oxygen atoms in total. The first-order chi connectivity index (χ1) is 9.09. The van der Waals surface area contributed by atoms with E-state index in [0.29, 0.717) is 0 Å². The minimum Gasteiger partial charge on any atom is -0.469 e. The van der Waals surface area contributed by atoms with Crippen LogP contribution in [0.4, 0.5) is 0 Å². The lowest BCUT2D eigenvalue weighted by Gasteiger charge is -2.31. The molecule has 1 aromatic rings. The van der Waals surface area contributed by atoms with E-state index in [4.69, 9.17) is 10.5 Å². The van der Waals surface area contributed by atoms with Gasteiger partial charge >= 0.3 is 5.97 Å². The van der Waals surface area contributed by atoms with Crippen LogP contribution in [0.15, 0.2) is 29.2 Å². The topological polar surface area (TPSA) is 52.3 Å². The number of methoxy groups -OCH3 is 1. The number of ether oxygens (including phenoxy) is 1. The summed E-state index contributed by atoms with van der Waals surface area (Å²) >= 11 is 1.76. The first-order valence-corrected chi connectivity index (χ1v) is 7.53. The highest BCUT2D eigenvalue weighted by Crippen LogP contribution is 2.40. The number of nitrogens with two attached hydrogens (primary N) is 1. The zero-order chi connectivity index (χ0) is 15.6. The summed E-state index contributed by atoms with van der Waals surface area (Å²) in [5, 5.41) is 0. The molecule has 0 aliphatic rings. The third-order valence-electron chi connectivity index (χ3n) is 3.16. The quantitative estimate of drug-likeness (QED) is 0.678. The second kappa shape index (κ2) is 6.19. The first kappa shape index (κ1) is 17.1. The molecular weight excluding hydrogens is 270 g/mol. The minimum absolute atomic E-state index is 0.0885.